The summed E-state index contributed by atoms with van der Waals surface area (Å²) in [5.74, 6) is -2.91. The van der Waals surface area contributed by atoms with Crippen molar-refractivity contribution >= 4 is 11.6 Å². The van der Waals surface area contributed by atoms with Crippen LogP contribution in [0.5, 0.6) is 5.75 Å². The van der Waals surface area contributed by atoms with Gasteiger partial charge in [0.1, 0.15) is 0 Å². The Hall–Kier alpha value is -1.65. The fourth-order valence-corrected chi connectivity index (χ4v) is 1.04. The summed E-state index contributed by atoms with van der Waals surface area (Å²) >= 11 is 0. The minimum absolute atomic E-state index is 0.107. The molecule has 1 N–H and O–H groups in total. The van der Waals surface area contributed by atoms with Crippen LogP contribution in [0, 0.1) is 17.7 Å². The molecular weight excluding hydrogens is 180 g/mol. The molecule has 1 aliphatic rings. The third kappa shape index (κ3) is 1.22. The summed E-state index contributed by atoms with van der Waals surface area (Å²) in [5, 5.41) is 2.33. The van der Waals surface area contributed by atoms with E-state index >= 15 is 0 Å². The molecule has 0 aliphatic carbocycles. The lowest BCUT2D eigenvalue weighted by Gasteiger charge is -2.17. The number of ether oxygens (including phenoxy) is 1. The third-order valence-electron chi connectivity index (χ3n) is 1.60. The Morgan fingerprint density at radius 2 is 2.31 bits per heavy atom. The van der Waals surface area contributed by atoms with Gasteiger partial charge in [0.15, 0.2) is 18.2 Å². The zero-order valence-corrected chi connectivity index (χ0v) is 6.36. The van der Waals surface area contributed by atoms with E-state index in [4.69, 9.17) is 4.74 Å². The van der Waals surface area contributed by atoms with Crippen molar-refractivity contribution in [3.8, 4) is 5.75 Å². The molecule has 67 valence electrons. The smallest absolute Gasteiger partial charge is 0.262 e. The van der Waals surface area contributed by atoms with E-state index in [1.807, 2.05) is 6.07 Å². The molecule has 0 saturated carbocycles. The molecule has 0 aromatic heterocycles. The predicted octanol–water partition coefficient (Wildman–Crippen LogP) is 1.10. The van der Waals surface area contributed by atoms with Crippen LogP contribution in [-0.4, -0.2) is 12.5 Å². The lowest BCUT2D eigenvalue weighted by atomic mass is 10.2. The average Bonchev–Trinajstić information content (AvgIpc) is 2.12. The number of amides is 1. The van der Waals surface area contributed by atoms with Crippen molar-refractivity contribution in [1.82, 2.24) is 0 Å². The van der Waals surface area contributed by atoms with Gasteiger partial charge in [-0.2, -0.15) is 4.39 Å². The summed E-state index contributed by atoms with van der Waals surface area (Å²) in [6, 6.07) is 3.14. The van der Waals surface area contributed by atoms with Crippen molar-refractivity contribution in [3.05, 3.63) is 23.8 Å². The Bertz CT molecular complexity index is 379. The number of carbonyl (C=O) groups excluding carboxylic acids is 1. The molecule has 1 radical (unpaired) electrons. The maximum atomic E-state index is 12.9. The molecule has 0 bridgehead atoms. The maximum absolute atomic E-state index is 12.9. The highest BCUT2D eigenvalue weighted by Gasteiger charge is 2.21. The Morgan fingerprint density at radius 3 is 3.08 bits per heavy atom. The Morgan fingerprint density at radius 1 is 1.54 bits per heavy atom. The van der Waals surface area contributed by atoms with E-state index in [0.29, 0.717) is 0 Å². The van der Waals surface area contributed by atoms with Crippen molar-refractivity contribution in [1.29, 1.82) is 0 Å². The van der Waals surface area contributed by atoms with Crippen molar-refractivity contribution in [2.24, 2.45) is 0 Å². The molecule has 5 heteroatoms. The molecule has 1 aromatic rings. The summed E-state index contributed by atoms with van der Waals surface area (Å²) in [4.78, 5) is 10.8. The van der Waals surface area contributed by atoms with E-state index in [2.05, 4.69) is 5.32 Å². The van der Waals surface area contributed by atoms with Crippen LogP contribution in [0.1, 0.15) is 0 Å². The minimum atomic E-state index is -1.13. The van der Waals surface area contributed by atoms with Crippen LogP contribution in [0.15, 0.2) is 6.07 Å². The van der Waals surface area contributed by atoms with Crippen LogP contribution in [0.2, 0.25) is 0 Å². The fourth-order valence-electron chi connectivity index (χ4n) is 1.04. The molecule has 0 fully saturated rings. The lowest BCUT2D eigenvalue weighted by molar-refractivity contribution is -0.118. The van der Waals surface area contributed by atoms with Crippen LogP contribution < -0.4 is 10.1 Å². The first-order chi connectivity index (χ1) is 6.18. The number of benzene rings is 1. The molecule has 3 nitrogen and oxygen atoms in total. The van der Waals surface area contributed by atoms with E-state index in [1.165, 1.54) is 0 Å². The second-order valence-electron chi connectivity index (χ2n) is 2.50. The molecule has 0 spiro atoms. The highest BCUT2D eigenvalue weighted by molar-refractivity contribution is 5.95. The van der Waals surface area contributed by atoms with Crippen LogP contribution in [-0.2, 0) is 4.79 Å². The standard InChI is InChI=1S/C8H4F2NO2/c9-4-1-2-5-8(7(4)10)13-3-6(12)11-5/h2H,3H2,(H,11,12). The number of hydrogen-bond acceptors (Lipinski definition) is 2. The van der Waals surface area contributed by atoms with E-state index in [1.54, 1.807) is 0 Å². The van der Waals surface area contributed by atoms with Gasteiger partial charge in [0.05, 0.1) is 5.69 Å². The molecule has 0 atom stereocenters. The van der Waals surface area contributed by atoms with Crippen LogP contribution in [0.3, 0.4) is 0 Å². The second-order valence-corrected chi connectivity index (χ2v) is 2.50. The van der Waals surface area contributed by atoms with Gasteiger partial charge in [-0.25, -0.2) is 4.39 Å². The maximum Gasteiger partial charge on any atom is 0.262 e. The molecule has 1 amide bonds. The Kier molecular flexibility index (Phi) is 1.65. The molecule has 0 saturated heterocycles. The molecule has 13 heavy (non-hydrogen) atoms. The largest absolute Gasteiger partial charge is 0.478 e. The van der Waals surface area contributed by atoms with Gasteiger partial charge in [0.2, 0.25) is 5.82 Å². The predicted molar refractivity (Wildman–Crippen MR) is 39.3 cm³/mol. The van der Waals surface area contributed by atoms with Gasteiger partial charge in [-0.1, -0.05) is 0 Å². The fraction of sp³-hybridized carbons (Fsp3) is 0.125. The number of carbonyl (C=O) groups is 1. The SMILES string of the molecule is O=C1COc2c(c[c]c(F)c2F)N1. The number of hydrogen-bond donors (Lipinski definition) is 1. The molecule has 0 unspecified atom stereocenters. The summed E-state index contributed by atoms with van der Waals surface area (Å²) in [6.45, 7) is -0.298. The summed E-state index contributed by atoms with van der Waals surface area (Å²) in [6.07, 6.45) is 0. The van der Waals surface area contributed by atoms with Gasteiger partial charge in [-0.3, -0.25) is 4.79 Å². The highest BCUT2D eigenvalue weighted by atomic mass is 19.2. The van der Waals surface area contributed by atoms with E-state index in [-0.39, 0.29) is 18.0 Å². The first-order valence-corrected chi connectivity index (χ1v) is 3.51. The molecule has 2 rings (SSSR count). The summed E-state index contributed by atoms with van der Waals surface area (Å²) < 4.78 is 30.2. The van der Waals surface area contributed by atoms with E-state index in [9.17, 15) is 13.6 Å². The number of halogens is 2. The van der Waals surface area contributed by atoms with E-state index in [0.717, 1.165) is 6.07 Å². The number of anilines is 1. The van der Waals surface area contributed by atoms with Gasteiger partial charge in [0.25, 0.3) is 5.91 Å². The molecular formula is C8H4F2NO2. The van der Waals surface area contributed by atoms with Crippen molar-refractivity contribution in [2.75, 3.05) is 11.9 Å². The quantitative estimate of drug-likeness (QED) is 0.655. The molecule has 1 heterocycles. The van der Waals surface area contributed by atoms with Gasteiger partial charge < -0.3 is 10.1 Å². The number of rotatable bonds is 0. The zero-order chi connectivity index (χ0) is 9.42. The number of fused-ring (bicyclic) bond motifs is 1. The first-order valence-electron chi connectivity index (χ1n) is 3.51. The van der Waals surface area contributed by atoms with Gasteiger partial charge >= 0.3 is 0 Å². The average molecular weight is 184 g/mol. The van der Waals surface area contributed by atoms with Crippen molar-refractivity contribution in [3.63, 3.8) is 0 Å². The van der Waals surface area contributed by atoms with Crippen LogP contribution in [0.25, 0.3) is 0 Å². The molecule has 1 aliphatic heterocycles. The van der Waals surface area contributed by atoms with Crippen molar-refractivity contribution in [2.45, 2.75) is 0 Å². The van der Waals surface area contributed by atoms with Gasteiger partial charge in [0, 0.05) is 6.07 Å². The monoisotopic (exact) mass is 184 g/mol. The van der Waals surface area contributed by atoms with Crippen LogP contribution >= 0.6 is 0 Å². The minimum Gasteiger partial charge on any atom is -0.478 e. The van der Waals surface area contributed by atoms with E-state index < -0.39 is 17.5 Å². The third-order valence-corrected chi connectivity index (χ3v) is 1.60. The second kappa shape index (κ2) is 2.69. The topological polar surface area (TPSA) is 38.3 Å². The first kappa shape index (κ1) is 7.97. The zero-order valence-electron chi connectivity index (χ0n) is 6.36. The Balaban J connectivity index is 2.53. The Labute approximate surface area is 72.3 Å². The summed E-state index contributed by atoms with van der Waals surface area (Å²) in [5.41, 5.74) is 0.107. The van der Waals surface area contributed by atoms with Gasteiger partial charge in [-0.05, 0) is 6.07 Å². The summed E-state index contributed by atoms with van der Waals surface area (Å²) in [7, 11) is 0. The molecule has 1 aromatic carbocycles. The number of nitrogens with one attached hydrogen (secondary N) is 1. The van der Waals surface area contributed by atoms with Crippen molar-refractivity contribution < 1.29 is 18.3 Å². The highest BCUT2D eigenvalue weighted by Crippen LogP contribution is 2.31. The van der Waals surface area contributed by atoms with Crippen LogP contribution in [0.4, 0.5) is 14.5 Å². The normalized spacial score (nSPS) is 14.5. The lowest BCUT2D eigenvalue weighted by Crippen LogP contribution is -2.26. The van der Waals surface area contributed by atoms with Gasteiger partial charge in [-0.15, -0.1) is 0 Å².